The molecule has 0 aliphatic heterocycles. The van der Waals surface area contributed by atoms with Crippen molar-refractivity contribution >= 4 is 29.4 Å². The summed E-state index contributed by atoms with van der Waals surface area (Å²) in [5, 5.41) is 12.8. The number of hydrogen-bond acceptors (Lipinski definition) is 7. The third-order valence-electron chi connectivity index (χ3n) is 5.17. The van der Waals surface area contributed by atoms with E-state index in [1.165, 1.54) is 10.2 Å². The van der Waals surface area contributed by atoms with E-state index in [9.17, 15) is 9.59 Å². The zero-order chi connectivity index (χ0) is 24.8. The Kier molecular flexibility index (Phi) is 8.17. The zero-order valence-corrected chi connectivity index (χ0v) is 20.8. The van der Waals surface area contributed by atoms with Crippen molar-refractivity contribution < 1.29 is 14.3 Å². The maximum atomic E-state index is 12.5. The fraction of sp³-hybridized carbons (Fsp3) is 0.333. The molecule has 10 heteroatoms. The van der Waals surface area contributed by atoms with Crippen LogP contribution in [0.4, 0.5) is 10.5 Å². The van der Waals surface area contributed by atoms with E-state index in [1.54, 1.807) is 13.0 Å². The van der Waals surface area contributed by atoms with Crippen LogP contribution in [-0.4, -0.2) is 32.1 Å². The lowest BCUT2D eigenvalue weighted by Gasteiger charge is -2.13. The minimum absolute atomic E-state index is 0.129. The van der Waals surface area contributed by atoms with Gasteiger partial charge in [0, 0.05) is 5.69 Å². The average molecular weight is 483 g/mol. The van der Waals surface area contributed by atoms with Crippen molar-refractivity contribution in [1.29, 1.82) is 0 Å². The van der Waals surface area contributed by atoms with E-state index >= 15 is 0 Å². The molecule has 1 aromatic heterocycles. The first-order chi connectivity index (χ1) is 16.1. The molecule has 34 heavy (non-hydrogen) atoms. The molecule has 1 atom stereocenters. The second-order valence-electron chi connectivity index (χ2n) is 8.30. The summed E-state index contributed by atoms with van der Waals surface area (Å²) in [6, 6.07) is 12.9. The van der Waals surface area contributed by atoms with Crippen LogP contribution >= 0.6 is 11.8 Å². The average Bonchev–Trinajstić information content (AvgIpc) is 3.13. The quantitative estimate of drug-likeness (QED) is 0.325. The van der Waals surface area contributed by atoms with E-state index in [2.05, 4.69) is 34.7 Å². The number of aryl methyl sites for hydroxylation is 2. The van der Waals surface area contributed by atoms with Crippen LogP contribution in [0.2, 0.25) is 0 Å². The van der Waals surface area contributed by atoms with Gasteiger partial charge in [-0.25, -0.2) is 9.47 Å². The number of amides is 3. The van der Waals surface area contributed by atoms with E-state index in [-0.39, 0.29) is 6.61 Å². The van der Waals surface area contributed by atoms with Crippen LogP contribution in [0.1, 0.15) is 49.2 Å². The van der Waals surface area contributed by atoms with Crippen LogP contribution in [0.15, 0.2) is 47.6 Å². The van der Waals surface area contributed by atoms with Crippen LogP contribution in [0.25, 0.3) is 0 Å². The molecule has 3 aromatic rings. The number of nitrogen functional groups attached to an aromatic ring is 1. The van der Waals surface area contributed by atoms with Crippen LogP contribution in [0.5, 0.6) is 5.75 Å². The highest BCUT2D eigenvalue weighted by atomic mass is 32.2. The largest absolute Gasteiger partial charge is 0.486 e. The van der Waals surface area contributed by atoms with E-state index in [4.69, 9.17) is 10.6 Å². The predicted octanol–water partition coefficient (Wildman–Crippen LogP) is 4.14. The zero-order valence-electron chi connectivity index (χ0n) is 20.0. The fourth-order valence-electron chi connectivity index (χ4n) is 3.12. The number of rotatable bonds is 8. The number of hydrogen-bond donors (Lipinski definition) is 3. The Morgan fingerprint density at radius 1 is 1.09 bits per heavy atom. The molecule has 9 nitrogen and oxygen atoms in total. The number of ether oxygens (including phenoxy) is 1. The number of anilines is 1. The predicted molar refractivity (Wildman–Crippen MR) is 133 cm³/mol. The molecular weight excluding hydrogens is 452 g/mol. The summed E-state index contributed by atoms with van der Waals surface area (Å²) in [6.45, 7) is 9.90. The molecule has 0 saturated heterocycles. The van der Waals surface area contributed by atoms with E-state index in [0.29, 0.717) is 28.3 Å². The first-order valence-corrected chi connectivity index (χ1v) is 11.8. The summed E-state index contributed by atoms with van der Waals surface area (Å²) in [5.74, 6) is 7.17. The van der Waals surface area contributed by atoms with Crippen molar-refractivity contribution in [2.75, 3.05) is 11.2 Å². The molecule has 4 N–H and O–H groups in total. The molecule has 0 fully saturated rings. The summed E-state index contributed by atoms with van der Waals surface area (Å²) in [6.07, 6.45) is 0. The van der Waals surface area contributed by atoms with Gasteiger partial charge in [0.05, 0.1) is 5.25 Å². The molecule has 0 aliphatic carbocycles. The van der Waals surface area contributed by atoms with E-state index in [0.717, 1.165) is 22.9 Å². The summed E-state index contributed by atoms with van der Waals surface area (Å²) in [5.41, 5.74) is 3.86. The summed E-state index contributed by atoms with van der Waals surface area (Å²) >= 11 is 1.10. The monoisotopic (exact) mass is 482 g/mol. The number of carbonyl (C=O) groups excluding carboxylic acids is 2. The number of imide groups is 1. The number of urea groups is 1. The lowest BCUT2D eigenvalue weighted by molar-refractivity contribution is -0.119. The number of thioether (sulfide) groups is 1. The van der Waals surface area contributed by atoms with Crippen LogP contribution in [0.3, 0.4) is 0 Å². The van der Waals surface area contributed by atoms with Gasteiger partial charge < -0.3 is 15.9 Å². The third-order valence-corrected chi connectivity index (χ3v) is 6.22. The standard InChI is InChI=1S/C24H30N6O3S/c1-14(2)18-7-9-19(10-8-18)33-13-21-28-29-24(30(21)25)34-17(5)22(31)27-23(32)26-20-11-6-15(3)12-16(20)4/h6-12,14,17H,13,25H2,1-5H3,(H2,26,27,31,32). The maximum absolute atomic E-state index is 12.5. The fourth-order valence-corrected chi connectivity index (χ4v) is 3.90. The number of aromatic nitrogens is 3. The van der Waals surface area contributed by atoms with Gasteiger partial charge in [0.2, 0.25) is 11.1 Å². The second-order valence-corrected chi connectivity index (χ2v) is 9.61. The van der Waals surface area contributed by atoms with Crippen molar-refractivity contribution in [2.45, 2.75) is 57.5 Å². The minimum atomic E-state index is -0.631. The molecule has 0 saturated carbocycles. The molecule has 2 aromatic carbocycles. The Balaban J connectivity index is 1.52. The van der Waals surface area contributed by atoms with Crippen LogP contribution < -0.4 is 21.2 Å². The number of nitrogens with two attached hydrogens (primary N) is 1. The Hall–Kier alpha value is -3.53. The molecule has 3 rings (SSSR count). The molecule has 0 bridgehead atoms. The minimum Gasteiger partial charge on any atom is -0.486 e. The Labute approximate surface area is 203 Å². The van der Waals surface area contributed by atoms with Crippen LogP contribution in [0, 0.1) is 13.8 Å². The SMILES string of the molecule is Cc1ccc(NC(=O)NC(=O)C(C)Sc2nnc(COc3ccc(C(C)C)cc3)n2N)c(C)c1. The van der Waals surface area contributed by atoms with Gasteiger partial charge >= 0.3 is 6.03 Å². The number of nitrogens with one attached hydrogen (secondary N) is 2. The molecule has 3 amide bonds. The van der Waals surface area contributed by atoms with Crippen molar-refractivity contribution in [3.63, 3.8) is 0 Å². The molecule has 1 unspecified atom stereocenters. The number of benzene rings is 2. The molecule has 180 valence electrons. The normalized spacial score (nSPS) is 11.8. The molecule has 0 radical (unpaired) electrons. The Morgan fingerprint density at radius 3 is 2.44 bits per heavy atom. The van der Waals surface area contributed by atoms with Crippen molar-refractivity contribution in [3.05, 3.63) is 65.0 Å². The van der Waals surface area contributed by atoms with E-state index < -0.39 is 17.2 Å². The first kappa shape index (κ1) is 25.1. The van der Waals surface area contributed by atoms with Crippen molar-refractivity contribution in [2.24, 2.45) is 0 Å². The van der Waals surface area contributed by atoms with Gasteiger partial charge in [0.1, 0.15) is 12.4 Å². The van der Waals surface area contributed by atoms with Gasteiger partial charge in [-0.05, 0) is 56.0 Å². The van der Waals surface area contributed by atoms with Gasteiger partial charge in [-0.1, -0.05) is 55.4 Å². The first-order valence-electron chi connectivity index (χ1n) is 10.9. The molecule has 0 aliphatic rings. The second kappa shape index (κ2) is 11.1. The highest BCUT2D eigenvalue weighted by Gasteiger charge is 2.21. The van der Waals surface area contributed by atoms with Gasteiger partial charge in [0.15, 0.2) is 5.82 Å². The number of carbonyl (C=O) groups is 2. The summed E-state index contributed by atoms with van der Waals surface area (Å²) in [7, 11) is 0. The molecular formula is C24H30N6O3S. The van der Waals surface area contributed by atoms with Crippen molar-refractivity contribution in [3.8, 4) is 5.75 Å². The molecule has 0 spiro atoms. The summed E-state index contributed by atoms with van der Waals surface area (Å²) in [4.78, 5) is 24.7. The van der Waals surface area contributed by atoms with Gasteiger partial charge in [-0.2, -0.15) is 0 Å². The maximum Gasteiger partial charge on any atom is 0.325 e. The number of nitrogens with zero attached hydrogens (tertiary/aromatic N) is 3. The summed E-state index contributed by atoms with van der Waals surface area (Å²) < 4.78 is 7.04. The molecule has 1 heterocycles. The topological polar surface area (TPSA) is 124 Å². The highest BCUT2D eigenvalue weighted by molar-refractivity contribution is 8.00. The van der Waals surface area contributed by atoms with Crippen LogP contribution in [-0.2, 0) is 11.4 Å². The smallest absolute Gasteiger partial charge is 0.325 e. The third kappa shape index (κ3) is 6.50. The Bertz CT molecular complexity index is 1160. The van der Waals surface area contributed by atoms with Gasteiger partial charge in [-0.3, -0.25) is 10.1 Å². The van der Waals surface area contributed by atoms with Crippen molar-refractivity contribution in [1.82, 2.24) is 20.2 Å². The van der Waals surface area contributed by atoms with Gasteiger partial charge in [0.25, 0.3) is 0 Å². The van der Waals surface area contributed by atoms with Gasteiger partial charge in [-0.15, -0.1) is 10.2 Å². The highest BCUT2D eigenvalue weighted by Crippen LogP contribution is 2.23. The lowest BCUT2D eigenvalue weighted by atomic mass is 10.0. The Morgan fingerprint density at radius 2 is 1.79 bits per heavy atom. The lowest BCUT2D eigenvalue weighted by Crippen LogP contribution is -2.39. The van der Waals surface area contributed by atoms with E-state index in [1.807, 2.05) is 50.2 Å².